The predicted octanol–water partition coefficient (Wildman–Crippen LogP) is -1.35. The fourth-order valence-corrected chi connectivity index (χ4v) is 6.46. The minimum atomic E-state index is -1.70. The third-order valence-electron chi connectivity index (χ3n) is 10.3. The van der Waals surface area contributed by atoms with Crippen molar-refractivity contribution >= 4 is 53.3 Å². The summed E-state index contributed by atoms with van der Waals surface area (Å²) in [5.41, 5.74) is 15.8. The van der Waals surface area contributed by atoms with Gasteiger partial charge >= 0.3 is 5.97 Å². The van der Waals surface area contributed by atoms with Crippen molar-refractivity contribution in [3.63, 3.8) is 0 Å². The first-order valence-electron chi connectivity index (χ1n) is 22.3. The smallest absolute Gasteiger partial charge is 0.325 e. The Kier molecular flexibility index (Phi) is 29.2. The molecule has 0 aliphatic heterocycles. The van der Waals surface area contributed by atoms with Crippen molar-refractivity contribution in [1.29, 1.82) is 0 Å². The van der Waals surface area contributed by atoms with Crippen LogP contribution in [0.5, 0.6) is 0 Å². The monoisotopic (exact) mass is 915 g/mol. The number of hydrogen-bond acceptors (Lipinski definition) is 12. The molecule has 0 aromatic carbocycles. The summed E-state index contributed by atoms with van der Waals surface area (Å²) in [5, 5.41) is 55.0. The summed E-state index contributed by atoms with van der Waals surface area (Å²) >= 11 is 0. The average Bonchev–Trinajstić information content (AvgIpc) is 3.19. The van der Waals surface area contributed by atoms with E-state index >= 15 is 0 Å². The lowest BCUT2D eigenvalue weighted by atomic mass is 9.98. The largest absolute Gasteiger partial charge is 0.480 e. The minimum absolute atomic E-state index is 0.116. The number of aliphatic carboxylic acids is 1. The van der Waals surface area contributed by atoms with Crippen molar-refractivity contribution in [2.75, 3.05) is 6.54 Å². The van der Waals surface area contributed by atoms with Gasteiger partial charge in [0.2, 0.25) is 41.4 Å². The van der Waals surface area contributed by atoms with Crippen LogP contribution in [0, 0.1) is 11.8 Å². The van der Waals surface area contributed by atoms with Crippen LogP contribution < -0.4 is 49.1 Å². The van der Waals surface area contributed by atoms with Gasteiger partial charge in [0.1, 0.15) is 36.3 Å². The summed E-state index contributed by atoms with van der Waals surface area (Å²) in [7, 11) is 0. The third kappa shape index (κ3) is 25.3. The first kappa shape index (κ1) is 58.9. The maximum absolute atomic E-state index is 13.7. The Morgan fingerprint density at radius 1 is 0.500 bits per heavy atom. The van der Waals surface area contributed by atoms with E-state index in [1.54, 1.807) is 27.7 Å². The van der Waals surface area contributed by atoms with Crippen molar-refractivity contribution < 1.29 is 58.8 Å². The number of aliphatic hydroxyl groups excluding tert-OH is 3. The summed E-state index contributed by atoms with van der Waals surface area (Å²) in [6, 6.07) is -8.68. The number of carbonyl (C=O) groups excluding carboxylic acids is 7. The number of nitrogens with two attached hydrogens (primary N) is 3. The number of nitrogens with zero attached hydrogens (tertiary/aromatic N) is 1. The Balaban J connectivity index is 5.41. The Morgan fingerprint density at radius 2 is 0.906 bits per heavy atom. The molecule has 22 nitrogen and oxygen atoms in total. The third-order valence-corrected chi connectivity index (χ3v) is 10.3. The number of nitrogens with one attached hydrogen (secondary N) is 6. The quantitative estimate of drug-likeness (QED) is 0.0202. The molecule has 368 valence electrons. The second-order valence-corrected chi connectivity index (χ2v) is 17.1. The SMILES string of the molecule is CC(C)[C@H](NC(=O)[C@@H](NC(=O)[C@@H](NC(=O)C[C@H](O)CCCCCCCCCCCCN=C(N)N)[C@@H](C)O)C(C)C)C(=O)N[C@H](C(=O)N[C@@H](CCC(N)=O)C(=O)N[C@@H](C)C(=O)O)[C@@H](C)O. The van der Waals surface area contributed by atoms with E-state index in [1.807, 2.05) is 0 Å². The van der Waals surface area contributed by atoms with Crippen LogP contribution in [0.2, 0.25) is 0 Å². The van der Waals surface area contributed by atoms with Crippen LogP contribution in [-0.4, -0.2) is 135 Å². The van der Waals surface area contributed by atoms with Gasteiger partial charge in [0.25, 0.3) is 0 Å². The number of primary amides is 1. The predicted molar refractivity (Wildman–Crippen MR) is 238 cm³/mol. The van der Waals surface area contributed by atoms with E-state index in [1.165, 1.54) is 20.8 Å². The molecule has 0 unspecified atom stereocenters. The van der Waals surface area contributed by atoms with E-state index in [0.717, 1.165) is 57.8 Å². The highest BCUT2D eigenvalue weighted by atomic mass is 16.4. The fourth-order valence-electron chi connectivity index (χ4n) is 6.46. The maximum atomic E-state index is 13.7. The molecule has 0 aromatic rings. The van der Waals surface area contributed by atoms with Crippen LogP contribution in [0.15, 0.2) is 4.99 Å². The molecule has 0 radical (unpaired) electrons. The van der Waals surface area contributed by atoms with Crippen LogP contribution in [0.1, 0.15) is 138 Å². The average molecular weight is 915 g/mol. The maximum Gasteiger partial charge on any atom is 0.325 e. The Bertz CT molecular complexity index is 1520. The van der Waals surface area contributed by atoms with E-state index < -0.39 is 114 Å². The number of aliphatic hydroxyl groups is 3. The number of hydrogen-bond donors (Lipinski definition) is 13. The van der Waals surface area contributed by atoms with Gasteiger partial charge in [-0.1, -0.05) is 85.5 Å². The Morgan fingerprint density at radius 3 is 1.33 bits per heavy atom. The lowest BCUT2D eigenvalue weighted by Gasteiger charge is -2.30. The molecule has 0 heterocycles. The highest BCUT2D eigenvalue weighted by Gasteiger charge is 2.37. The molecule has 0 saturated carbocycles. The zero-order valence-corrected chi connectivity index (χ0v) is 38.7. The van der Waals surface area contributed by atoms with Crippen LogP contribution in [0.25, 0.3) is 0 Å². The molecule has 9 atom stereocenters. The van der Waals surface area contributed by atoms with Gasteiger partial charge in [-0.2, -0.15) is 0 Å². The van der Waals surface area contributed by atoms with Crippen molar-refractivity contribution in [3.05, 3.63) is 0 Å². The minimum Gasteiger partial charge on any atom is -0.480 e. The molecule has 7 amide bonds. The second-order valence-electron chi connectivity index (χ2n) is 17.1. The topological polar surface area (TPSA) is 380 Å². The molecule has 0 aliphatic carbocycles. The number of carbonyl (C=O) groups is 8. The van der Waals surface area contributed by atoms with Gasteiger partial charge in [-0.05, 0) is 51.9 Å². The number of aliphatic imine (C=N–C) groups is 1. The van der Waals surface area contributed by atoms with Gasteiger partial charge in [0, 0.05) is 13.0 Å². The molecular weight excluding hydrogens is 837 g/mol. The fraction of sp³-hybridized carbons (Fsp3) is 0.786. The van der Waals surface area contributed by atoms with E-state index in [2.05, 4.69) is 36.9 Å². The zero-order chi connectivity index (χ0) is 49.1. The van der Waals surface area contributed by atoms with Gasteiger partial charge in [0.05, 0.1) is 24.7 Å². The lowest BCUT2D eigenvalue weighted by molar-refractivity contribution is -0.142. The molecule has 0 aromatic heterocycles. The summed E-state index contributed by atoms with van der Waals surface area (Å²) < 4.78 is 0. The molecule has 22 heteroatoms. The number of carboxylic acid groups (broad SMARTS) is 1. The normalized spacial score (nSPS) is 15.5. The molecule has 0 spiro atoms. The first-order chi connectivity index (χ1) is 29.9. The molecule has 0 aliphatic rings. The zero-order valence-electron chi connectivity index (χ0n) is 38.7. The highest BCUT2D eigenvalue weighted by molar-refractivity contribution is 5.97. The molecule has 16 N–H and O–H groups in total. The van der Waals surface area contributed by atoms with Gasteiger partial charge in [-0.3, -0.25) is 43.3 Å². The Labute approximate surface area is 376 Å². The van der Waals surface area contributed by atoms with E-state index in [4.69, 9.17) is 17.2 Å². The van der Waals surface area contributed by atoms with E-state index in [0.29, 0.717) is 19.4 Å². The highest BCUT2D eigenvalue weighted by Crippen LogP contribution is 2.14. The van der Waals surface area contributed by atoms with Crippen LogP contribution in [0.4, 0.5) is 0 Å². The number of amides is 7. The molecular formula is C42H78N10O12. The second kappa shape index (κ2) is 31.7. The number of rotatable bonds is 34. The van der Waals surface area contributed by atoms with Crippen molar-refractivity contribution in [3.8, 4) is 0 Å². The van der Waals surface area contributed by atoms with E-state index in [9.17, 15) is 58.8 Å². The summed E-state index contributed by atoms with van der Waals surface area (Å²) in [6.45, 7) is 10.7. The van der Waals surface area contributed by atoms with Gasteiger partial charge in [-0.15, -0.1) is 0 Å². The van der Waals surface area contributed by atoms with Crippen LogP contribution in [-0.2, 0) is 38.4 Å². The van der Waals surface area contributed by atoms with Crippen molar-refractivity contribution in [2.24, 2.45) is 34.0 Å². The van der Waals surface area contributed by atoms with Crippen LogP contribution >= 0.6 is 0 Å². The standard InChI is InChI=1S/C42H78N10O12/c1-23(2)32(51-40(62)34(26(6)53)49-31(57)22-28(55)18-16-14-12-10-8-9-11-13-15-17-21-46-42(44)45)37(59)50-33(24(3)4)38(60)52-35(27(7)54)39(61)48-29(19-20-30(43)56)36(58)47-25(5)41(63)64/h23-29,32-35,53-55H,8-22H2,1-7H3,(H2,43,56)(H,47,58)(H,48,61)(H,49,57)(H,50,59)(H,51,62)(H,52,60)(H,63,64)(H4,44,45,46)/t25-,26+,27+,28+,29-,32-,33-,34-,35-/m0/s1. The van der Waals surface area contributed by atoms with Crippen LogP contribution in [0.3, 0.4) is 0 Å². The number of carboxylic acids is 1. The van der Waals surface area contributed by atoms with Gasteiger partial charge in [-0.25, -0.2) is 0 Å². The number of unbranched alkanes of at least 4 members (excludes halogenated alkanes) is 9. The molecule has 0 bridgehead atoms. The Hall–Kier alpha value is -5.09. The number of guanidine groups is 1. The van der Waals surface area contributed by atoms with Crippen molar-refractivity contribution in [2.45, 2.75) is 193 Å². The lowest BCUT2D eigenvalue weighted by Crippen LogP contribution is -2.63. The molecule has 64 heavy (non-hydrogen) atoms. The first-order valence-corrected chi connectivity index (χ1v) is 22.3. The summed E-state index contributed by atoms with van der Waals surface area (Å²) in [6.07, 6.45) is 5.69. The summed E-state index contributed by atoms with van der Waals surface area (Å²) in [5.74, 6) is -8.64. The van der Waals surface area contributed by atoms with Gasteiger partial charge in [0.15, 0.2) is 5.96 Å². The van der Waals surface area contributed by atoms with Gasteiger partial charge < -0.3 is 69.5 Å². The molecule has 0 rings (SSSR count). The molecule has 0 fully saturated rings. The molecule has 0 saturated heterocycles. The van der Waals surface area contributed by atoms with Crippen molar-refractivity contribution in [1.82, 2.24) is 31.9 Å². The summed E-state index contributed by atoms with van der Waals surface area (Å²) in [4.78, 5) is 106. The van der Waals surface area contributed by atoms with E-state index in [-0.39, 0.29) is 25.2 Å².